The molecule has 0 aliphatic carbocycles. The smallest absolute Gasteiger partial charge is 0.219 e. The number of pyridine rings is 1. The highest BCUT2D eigenvalue weighted by atomic mass is 19.1. The number of benzene rings is 1. The first-order chi connectivity index (χ1) is 9.60. The Morgan fingerprint density at radius 2 is 1.80 bits per heavy atom. The molecule has 0 saturated heterocycles. The third kappa shape index (κ3) is 3.74. The van der Waals surface area contributed by atoms with Gasteiger partial charge in [0.2, 0.25) is 5.88 Å². The molecule has 1 aromatic carbocycles. The summed E-state index contributed by atoms with van der Waals surface area (Å²) in [6.07, 6.45) is 0.755. The molecular weight excluding hydrogens is 262 g/mol. The van der Waals surface area contributed by atoms with Gasteiger partial charge in [0.05, 0.1) is 0 Å². The lowest BCUT2D eigenvalue weighted by Gasteiger charge is -2.09. The number of hydrogen-bond donors (Lipinski definition) is 1. The second-order valence-electron chi connectivity index (χ2n) is 4.40. The molecule has 0 aliphatic heterocycles. The summed E-state index contributed by atoms with van der Waals surface area (Å²) in [6, 6.07) is 6.77. The number of ether oxygens (including phenoxy) is 1. The zero-order valence-electron chi connectivity index (χ0n) is 11.4. The van der Waals surface area contributed by atoms with Gasteiger partial charge in [-0.25, -0.2) is 13.8 Å². The first-order valence-electron chi connectivity index (χ1n) is 6.39. The molecule has 0 bridgehead atoms. The molecule has 1 N–H and O–H groups in total. The Balaban J connectivity index is 2.29. The Morgan fingerprint density at radius 1 is 1.10 bits per heavy atom. The third-order valence-electron chi connectivity index (χ3n) is 2.72. The van der Waals surface area contributed by atoms with Gasteiger partial charge in [-0.05, 0) is 25.1 Å². The van der Waals surface area contributed by atoms with Gasteiger partial charge < -0.3 is 10.1 Å². The fourth-order valence-corrected chi connectivity index (χ4v) is 1.87. The summed E-state index contributed by atoms with van der Waals surface area (Å²) in [5.41, 5.74) is 1.87. The lowest BCUT2D eigenvalue weighted by molar-refractivity contribution is 0.448. The van der Waals surface area contributed by atoms with Crippen molar-refractivity contribution < 1.29 is 13.5 Å². The Hall–Kier alpha value is -2.01. The fraction of sp³-hybridized carbons (Fsp3) is 0.267. The van der Waals surface area contributed by atoms with Gasteiger partial charge in [-0.15, -0.1) is 0 Å². The van der Waals surface area contributed by atoms with Crippen molar-refractivity contribution in [2.24, 2.45) is 0 Å². The lowest BCUT2D eigenvalue weighted by atomic mass is 10.2. The Bertz CT molecular complexity index is 582. The number of halogens is 2. The van der Waals surface area contributed by atoms with E-state index in [-0.39, 0.29) is 5.75 Å². The van der Waals surface area contributed by atoms with E-state index < -0.39 is 11.6 Å². The topological polar surface area (TPSA) is 34.1 Å². The van der Waals surface area contributed by atoms with Gasteiger partial charge in [-0.1, -0.05) is 6.92 Å². The van der Waals surface area contributed by atoms with Gasteiger partial charge in [-0.2, -0.15) is 0 Å². The molecule has 2 rings (SSSR count). The van der Waals surface area contributed by atoms with Gasteiger partial charge in [0.25, 0.3) is 0 Å². The maximum atomic E-state index is 13.1. The molecule has 0 fully saturated rings. The van der Waals surface area contributed by atoms with Crippen LogP contribution in [0.4, 0.5) is 8.78 Å². The van der Waals surface area contributed by atoms with Crippen LogP contribution in [0.25, 0.3) is 0 Å². The summed E-state index contributed by atoms with van der Waals surface area (Å²) < 4.78 is 31.7. The number of nitrogens with one attached hydrogen (secondary N) is 1. The van der Waals surface area contributed by atoms with Crippen LogP contribution >= 0.6 is 0 Å². The van der Waals surface area contributed by atoms with Crippen molar-refractivity contribution in [1.29, 1.82) is 0 Å². The zero-order valence-corrected chi connectivity index (χ0v) is 11.4. The number of nitrogens with zero attached hydrogens (tertiary/aromatic N) is 1. The van der Waals surface area contributed by atoms with Crippen LogP contribution in [0.5, 0.6) is 11.6 Å². The summed E-state index contributed by atoms with van der Waals surface area (Å²) in [6.45, 7) is 2.65. The van der Waals surface area contributed by atoms with Crippen LogP contribution in [0.1, 0.15) is 18.2 Å². The van der Waals surface area contributed by atoms with E-state index >= 15 is 0 Å². The van der Waals surface area contributed by atoms with Gasteiger partial charge in [0.1, 0.15) is 17.4 Å². The largest absolute Gasteiger partial charge is 0.439 e. The maximum absolute atomic E-state index is 13.1. The third-order valence-corrected chi connectivity index (χ3v) is 2.72. The molecular formula is C15H16F2N2O. The Labute approximate surface area is 116 Å². The molecule has 3 nitrogen and oxygen atoms in total. The van der Waals surface area contributed by atoms with Crippen LogP contribution in [0.2, 0.25) is 0 Å². The molecule has 106 valence electrons. The number of rotatable bonds is 5. The summed E-state index contributed by atoms with van der Waals surface area (Å²) in [4.78, 5) is 4.29. The van der Waals surface area contributed by atoms with E-state index in [9.17, 15) is 8.78 Å². The molecule has 0 radical (unpaired) electrons. The van der Waals surface area contributed by atoms with Crippen molar-refractivity contribution >= 4 is 0 Å². The Kier molecular flexibility index (Phi) is 4.63. The van der Waals surface area contributed by atoms with E-state index in [4.69, 9.17) is 4.74 Å². The van der Waals surface area contributed by atoms with Crippen LogP contribution in [0.3, 0.4) is 0 Å². The minimum absolute atomic E-state index is 0.0960. The fourth-order valence-electron chi connectivity index (χ4n) is 1.87. The molecule has 0 unspecified atom stereocenters. The van der Waals surface area contributed by atoms with Crippen LogP contribution in [0.15, 0.2) is 30.3 Å². The van der Waals surface area contributed by atoms with Crippen molar-refractivity contribution in [2.75, 3.05) is 7.05 Å². The average Bonchev–Trinajstić information content (AvgIpc) is 2.37. The van der Waals surface area contributed by atoms with Crippen molar-refractivity contribution in [2.45, 2.75) is 19.9 Å². The van der Waals surface area contributed by atoms with E-state index in [2.05, 4.69) is 10.3 Å². The van der Waals surface area contributed by atoms with Crippen LogP contribution < -0.4 is 10.1 Å². The average molecular weight is 278 g/mol. The van der Waals surface area contributed by atoms with Crippen molar-refractivity contribution in [3.63, 3.8) is 0 Å². The normalized spacial score (nSPS) is 10.6. The predicted octanol–water partition coefficient (Wildman–Crippen LogP) is 3.43. The van der Waals surface area contributed by atoms with E-state index in [1.165, 1.54) is 0 Å². The molecule has 1 heterocycles. The minimum atomic E-state index is -0.679. The molecule has 1 aromatic heterocycles. The SMILES string of the molecule is CCc1cc(CNC)cc(Oc2cc(F)cc(F)c2)n1. The highest BCUT2D eigenvalue weighted by Gasteiger charge is 2.06. The van der Waals surface area contributed by atoms with E-state index in [0.29, 0.717) is 12.4 Å². The number of aromatic nitrogens is 1. The highest BCUT2D eigenvalue weighted by molar-refractivity contribution is 5.31. The second-order valence-corrected chi connectivity index (χ2v) is 4.40. The summed E-state index contributed by atoms with van der Waals surface area (Å²) in [5.74, 6) is -0.928. The summed E-state index contributed by atoms with van der Waals surface area (Å²) in [7, 11) is 1.84. The number of aryl methyl sites for hydroxylation is 1. The Morgan fingerprint density at radius 3 is 2.40 bits per heavy atom. The summed E-state index contributed by atoms with van der Waals surface area (Å²) in [5, 5.41) is 3.04. The molecule has 20 heavy (non-hydrogen) atoms. The molecule has 0 amide bonds. The molecule has 2 aromatic rings. The van der Waals surface area contributed by atoms with Crippen molar-refractivity contribution in [3.05, 3.63) is 53.2 Å². The monoisotopic (exact) mass is 278 g/mol. The zero-order chi connectivity index (χ0) is 14.5. The van der Waals surface area contributed by atoms with Crippen molar-refractivity contribution in [3.8, 4) is 11.6 Å². The molecule has 0 aliphatic rings. The van der Waals surface area contributed by atoms with E-state index in [1.54, 1.807) is 6.07 Å². The second kappa shape index (κ2) is 6.43. The first-order valence-corrected chi connectivity index (χ1v) is 6.39. The van der Waals surface area contributed by atoms with Crippen LogP contribution in [-0.4, -0.2) is 12.0 Å². The molecule has 5 heteroatoms. The van der Waals surface area contributed by atoms with Gasteiger partial charge in [0.15, 0.2) is 0 Å². The molecule has 0 saturated carbocycles. The minimum Gasteiger partial charge on any atom is -0.439 e. The molecule has 0 atom stereocenters. The van der Waals surface area contributed by atoms with Crippen molar-refractivity contribution in [1.82, 2.24) is 10.3 Å². The molecule has 0 spiro atoms. The predicted molar refractivity (Wildman–Crippen MR) is 72.8 cm³/mol. The highest BCUT2D eigenvalue weighted by Crippen LogP contribution is 2.23. The maximum Gasteiger partial charge on any atom is 0.219 e. The lowest BCUT2D eigenvalue weighted by Crippen LogP contribution is -2.06. The number of hydrogen-bond acceptors (Lipinski definition) is 3. The van der Waals surface area contributed by atoms with Gasteiger partial charge >= 0.3 is 0 Å². The summed E-state index contributed by atoms with van der Waals surface area (Å²) >= 11 is 0. The first kappa shape index (κ1) is 14.4. The van der Waals surface area contributed by atoms with Crippen LogP contribution in [0, 0.1) is 11.6 Å². The van der Waals surface area contributed by atoms with Gasteiger partial charge in [-0.3, -0.25) is 0 Å². The van der Waals surface area contributed by atoms with Crippen LogP contribution in [-0.2, 0) is 13.0 Å². The standard InChI is InChI=1S/C15H16F2N2O/c1-3-13-4-10(9-18-2)5-15(19-13)20-14-7-11(16)6-12(17)8-14/h4-8,18H,3,9H2,1-2H3. The van der Waals surface area contributed by atoms with E-state index in [0.717, 1.165) is 35.9 Å². The van der Waals surface area contributed by atoms with Gasteiger partial charge in [0, 0.05) is 36.5 Å². The van der Waals surface area contributed by atoms with E-state index in [1.807, 2.05) is 20.0 Å². The quantitative estimate of drug-likeness (QED) is 0.909.